The first-order valence-corrected chi connectivity index (χ1v) is 13.0. The molecule has 0 bridgehead atoms. The van der Waals surface area contributed by atoms with E-state index in [0.717, 1.165) is 100.0 Å². The van der Waals surface area contributed by atoms with Gasteiger partial charge in [-0.05, 0) is 12.1 Å². The maximum atomic E-state index is 5.85. The van der Waals surface area contributed by atoms with Crippen LogP contribution in [0.4, 0.5) is 34.4 Å². The van der Waals surface area contributed by atoms with Crippen LogP contribution in [0.25, 0.3) is 0 Å². The van der Waals surface area contributed by atoms with Gasteiger partial charge in [0.15, 0.2) is 0 Å². The SMILES string of the molecule is C[N+]1(CCCNc2ncc(N)cc2N)CCOCC1.C[N+]1(CCNc2ncc(N)cc2N)CCOCC1. The van der Waals surface area contributed by atoms with Crippen LogP contribution in [0, 0.1) is 0 Å². The zero-order chi connectivity index (χ0) is 26.7. The number of nitrogens with one attached hydrogen (secondary N) is 2. The van der Waals surface area contributed by atoms with Gasteiger partial charge in [0.25, 0.3) is 0 Å². The maximum Gasteiger partial charge on any atom is 0.149 e. The van der Waals surface area contributed by atoms with Gasteiger partial charge in [-0.25, -0.2) is 9.97 Å². The van der Waals surface area contributed by atoms with Crippen molar-refractivity contribution in [1.29, 1.82) is 0 Å². The van der Waals surface area contributed by atoms with Gasteiger partial charge in [-0.1, -0.05) is 0 Å². The molecule has 0 atom stereocenters. The van der Waals surface area contributed by atoms with E-state index in [1.165, 1.54) is 0 Å². The Labute approximate surface area is 220 Å². The quantitative estimate of drug-likeness (QED) is 0.204. The van der Waals surface area contributed by atoms with Crippen molar-refractivity contribution in [1.82, 2.24) is 9.97 Å². The van der Waals surface area contributed by atoms with E-state index >= 15 is 0 Å². The van der Waals surface area contributed by atoms with E-state index in [4.69, 9.17) is 32.4 Å². The molecule has 2 aromatic heterocycles. The summed E-state index contributed by atoms with van der Waals surface area (Å²) in [4.78, 5) is 8.38. The second kappa shape index (κ2) is 13.5. The predicted octanol–water partition coefficient (Wildman–Crippen LogP) is 0.660. The number of pyridine rings is 2. The second-order valence-electron chi connectivity index (χ2n) is 10.4. The van der Waals surface area contributed by atoms with Gasteiger partial charge in [0.1, 0.15) is 37.8 Å². The number of rotatable bonds is 9. The van der Waals surface area contributed by atoms with E-state index in [1.54, 1.807) is 24.5 Å². The van der Waals surface area contributed by atoms with Crippen LogP contribution in [0.1, 0.15) is 6.42 Å². The molecular weight excluding hydrogens is 472 g/mol. The fraction of sp³-hybridized carbons (Fsp3) is 0.600. The average molecular weight is 519 g/mol. The number of aromatic nitrogens is 2. The molecule has 2 saturated heterocycles. The van der Waals surface area contributed by atoms with Crippen molar-refractivity contribution in [2.45, 2.75) is 6.42 Å². The van der Waals surface area contributed by atoms with E-state index in [1.807, 2.05) is 0 Å². The molecule has 12 heteroatoms. The summed E-state index contributed by atoms with van der Waals surface area (Å²) < 4.78 is 12.9. The molecule has 0 aliphatic carbocycles. The van der Waals surface area contributed by atoms with Gasteiger partial charge in [-0.15, -0.1) is 0 Å². The largest absolute Gasteiger partial charge is 0.397 e. The molecule has 0 aromatic carbocycles. The fourth-order valence-electron chi connectivity index (χ4n) is 4.42. The molecule has 2 fully saturated rings. The van der Waals surface area contributed by atoms with Crippen LogP contribution < -0.4 is 33.6 Å². The summed E-state index contributed by atoms with van der Waals surface area (Å²) in [7, 11) is 4.54. The number of morpholine rings is 2. The van der Waals surface area contributed by atoms with Gasteiger partial charge >= 0.3 is 0 Å². The van der Waals surface area contributed by atoms with Crippen molar-refractivity contribution in [3.63, 3.8) is 0 Å². The summed E-state index contributed by atoms with van der Waals surface area (Å²) >= 11 is 0. The zero-order valence-electron chi connectivity index (χ0n) is 22.4. The number of nitrogen functional groups attached to an aromatic ring is 4. The summed E-state index contributed by atoms with van der Waals surface area (Å²) in [6, 6.07) is 3.45. The van der Waals surface area contributed by atoms with Crippen LogP contribution in [0.2, 0.25) is 0 Å². The standard InChI is InChI=1S/C13H24N5O.C12H22N5O/c1-18(5-7-19-8-6-18)4-2-3-16-13-12(15)9-11(14)10-17-13;1-17(4-6-18-7-5-17)3-2-15-12-11(14)8-10(13)9-16-12/h9-10H,2-8,14-15H2,1H3,(H,16,17);8-9H,2-7,13-14H2,1H3,(H,15,16)/q2*+1. The molecule has 2 aliphatic heterocycles. The van der Waals surface area contributed by atoms with Gasteiger partial charge in [0.2, 0.25) is 0 Å². The number of hydrogen-bond acceptors (Lipinski definition) is 10. The van der Waals surface area contributed by atoms with Crippen molar-refractivity contribution in [2.75, 3.05) is 126 Å². The van der Waals surface area contributed by atoms with Crippen molar-refractivity contribution in [3.8, 4) is 0 Å². The Bertz CT molecular complexity index is 978. The summed E-state index contributed by atoms with van der Waals surface area (Å²) in [5.74, 6) is 1.43. The number of nitrogens with zero attached hydrogens (tertiary/aromatic N) is 4. The Kier molecular flexibility index (Phi) is 10.4. The molecule has 2 aliphatic rings. The molecular formula is C25H46N10O2+2. The number of hydrogen-bond donors (Lipinski definition) is 6. The average Bonchev–Trinajstić information content (AvgIpc) is 2.86. The summed E-state index contributed by atoms with van der Waals surface area (Å²) in [5.41, 5.74) is 25.3. The van der Waals surface area contributed by atoms with Gasteiger partial charge in [0, 0.05) is 13.0 Å². The Morgan fingerprint density at radius 1 is 0.703 bits per heavy atom. The van der Waals surface area contributed by atoms with Crippen molar-refractivity contribution in [2.24, 2.45) is 0 Å². The molecule has 0 saturated carbocycles. The fourth-order valence-corrected chi connectivity index (χ4v) is 4.42. The summed E-state index contributed by atoms with van der Waals surface area (Å²) in [6.07, 6.45) is 4.32. The lowest BCUT2D eigenvalue weighted by atomic mass is 10.3. The van der Waals surface area contributed by atoms with Crippen molar-refractivity contribution in [3.05, 3.63) is 24.5 Å². The van der Waals surface area contributed by atoms with Gasteiger partial charge < -0.3 is 52.0 Å². The molecule has 4 heterocycles. The normalized spacial score (nSPS) is 18.3. The second-order valence-corrected chi connectivity index (χ2v) is 10.4. The van der Waals surface area contributed by atoms with E-state index in [-0.39, 0.29) is 0 Å². The Morgan fingerprint density at radius 3 is 1.59 bits per heavy atom. The first-order chi connectivity index (χ1) is 17.7. The third-order valence-corrected chi connectivity index (χ3v) is 7.09. The minimum absolute atomic E-state index is 0.588. The number of ether oxygens (including phenoxy) is 2. The lowest BCUT2D eigenvalue weighted by Gasteiger charge is -2.37. The highest BCUT2D eigenvalue weighted by atomic mass is 16.5. The number of anilines is 6. The van der Waals surface area contributed by atoms with Gasteiger partial charge in [-0.2, -0.15) is 0 Å². The number of likely N-dealkylation sites (N-methyl/N-ethyl adjacent to an activating group) is 2. The van der Waals surface area contributed by atoms with Crippen molar-refractivity contribution < 1.29 is 18.4 Å². The van der Waals surface area contributed by atoms with Gasteiger partial charge in [0.05, 0.1) is 95.3 Å². The van der Waals surface area contributed by atoms with E-state index in [9.17, 15) is 0 Å². The minimum atomic E-state index is 0.588. The molecule has 206 valence electrons. The third kappa shape index (κ3) is 9.39. The zero-order valence-corrected chi connectivity index (χ0v) is 22.4. The van der Waals surface area contributed by atoms with E-state index in [2.05, 4.69) is 34.7 Å². The van der Waals surface area contributed by atoms with Crippen LogP contribution in [0.5, 0.6) is 0 Å². The van der Waals surface area contributed by atoms with Crippen LogP contribution >= 0.6 is 0 Å². The van der Waals surface area contributed by atoms with Crippen molar-refractivity contribution >= 4 is 34.4 Å². The smallest absolute Gasteiger partial charge is 0.149 e. The van der Waals surface area contributed by atoms with E-state index in [0.29, 0.717) is 28.6 Å². The molecule has 12 nitrogen and oxygen atoms in total. The topological polar surface area (TPSA) is 172 Å². The number of quaternary nitrogens is 2. The van der Waals surface area contributed by atoms with Gasteiger partial charge in [-0.3, -0.25) is 0 Å². The Balaban J connectivity index is 0.000000206. The molecule has 0 radical (unpaired) electrons. The molecule has 0 unspecified atom stereocenters. The highest BCUT2D eigenvalue weighted by Crippen LogP contribution is 2.18. The van der Waals surface area contributed by atoms with Crippen LogP contribution in [-0.4, -0.2) is 112 Å². The Hall–Kier alpha value is -3.06. The third-order valence-electron chi connectivity index (χ3n) is 7.09. The molecule has 37 heavy (non-hydrogen) atoms. The summed E-state index contributed by atoms with van der Waals surface area (Å²) in [5, 5.41) is 6.53. The minimum Gasteiger partial charge on any atom is -0.397 e. The van der Waals surface area contributed by atoms with Crippen LogP contribution in [-0.2, 0) is 9.47 Å². The molecule has 2 aromatic rings. The summed E-state index contributed by atoms with van der Waals surface area (Å²) in [6.45, 7) is 11.7. The van der Waals surface area contributed by atoms with Crippen LogP contribution in [0.3, 0.4) is 0 Å². The first-order valence-electron chi connectivity index (χ1n) is 13.0. The highest BCUT2D eigenvalue weighted by Gasteiger charge is 2.25. The molecule has 0 spiro atoms. The number of nitrogens with two attached hydrogens (primary N) is 4. The van der Waals surface area contributed by atoms with Crippen LogP contribution in [0.15, 0.2) is 24.5 Å². The Morgan fingerprint density at radius 2 is 1.14 bits per heavy atom. The van der Waals surface area contributed by atoms with E-state index < -0.39 is 0 Å². The lowest BCUT2D eigenvalue weighted by Crippen LogP contribution is -2.53. The molecule has 0 amide bonds. The first kappa shape index (κ1) is 28.5. The molecule has 4 rings (SSSR count). The monoisotopic (exact) mass is 518 g/mol. The maximum absolute atomic E-state index is 5.85. The lowest BCUT2D eigenvalue weighted by molar-refractivity contribution is -0.916. The predicted molar refractivity (Wildman–Crippen MR) is 151 cm³/mol. The highest BCUT2D eigenvalue weighted by molar-refractivity contribution is 5.66. The molecule has 10 N–H and O–H groups in total.